The number of rotatable bonds is 8. The predicted molar refractivity (Wildman–Crippen MR) is 114 cm³/mol. The molecule has 2 N–H and O–H groups in total. The van der Waals surface area contributed by atoms with Crippen molar-refractivity contribution in [3.8, 4) is 0 Å². The first-order chi connectivity index (χ1) is 14.0. The molecule has 0 bridgehead atoms. The van der Waals surface area contributed by atoms with Crippen LogP contribution in [0.3, 0.4) is 0 Å². The molecule has 0 aliphatic carbocycles. The summed E-state index contributed by atoms with van der Waals surface area (Å²) in [6, 6.07) is 25.2. The number of para-hydroxylation sites is 1. The average Bonchev–Trinajstić information content (AvgIpc) is 2.75. The van der Waals surface area contributed by atoms with Gasteiger partial charge in [0.2, 0.25) is 10.0 Å². The zero-order valence-electron chi connectivity index (χ0n) is 16.1. The largest absolute Gasteiger partial charge is 0.281 e. The molecule has 29 heavy (non-hydrogen) atoms. The third kappa shape index (κ3) is 5.43. The number of hydrazine groups is 1. The van der Waals surface area contributed by atoms with E-state index in [1.54, 1.807) is 24.1 Å². The summed E-state index contributed by atoms with van der Waals surface area (Å²) < 4.78 is 26.9. The fourth-order valence-corrected chi connectivity index (χ4v) is 3.92. The van der Waals surface area contributed by atoms with E-state index in [0.29, 0.717) is 6.54 Å². The lowest BCUT2D eigenvalue weighted by molar-refractivity contribution is 0.0948. The monoisotopic (exact) mass is 409 g/mol. The molecule has 0 spiro atoms. The highest BCUT2D eigenvalue weighted by Gasteiger charge is 2.17. The van der Waals surface area contributed by atoms with E-state index in [1.807, 2.05) is 60.7 Å². The minimum absolute atomic E-state index is 0.0568. The molecular formula is C22H23N3O3S. The number of nitrogens with zero attached hydrogens (tertiary/aromatic N) is 1. The second-order valence-electron chi connectivity index (χ2n) is 6.38. The minimum Gasteiger partial charge on any atom is -0.281 e. The minimum atomic E-state index is -3.64. The highest BCUT2D eigenvalue weighted by molar-refractivity contribution is 7.89. The smallest absolute Gasteiger partial charge is 0.269 e. The molecule has 0 saturated carbocycles. The Hall–Kier alpha value is -3.16. The number of carbonyl (C=O) groups is 1. The fraction of sp³-hybridized carbons (Fsp3) is 0.136. The molecule has 0 saturated heterocycles. The predicted octanol–water partition coefficient (Wildman–Crippen LogP) is 3.34. The molecule has 0 heterocycles. The Labute approximate surface area is 171 Å². The van der Waals surface area contributed by atoms with Crippen LogP contribution in [0, 0.1) is 0 Å². The van der Waals surface area contributed by atoms with Gasteiger partial charge in [-0.2, -0.15) is 0 Å². The molecule has 6 nitrogen and oxygen atoms in total. The second-order valence-corrected chi connectivity index (χ2v) is 8.14. The van der Waals surface area contributed by atoms with Crippen molar-refractivity contribution < 1.29 is 13.2 Å². The maximum atomic E-state index is 12.9. The van der Waals surface area contributed by atoms with Gasteiger partial charge in [0.25, 0.3) is 5.91 Å². The molecule has 0 aromatic heterocycles. The Morgan fingerprint density at radius 2 is 1.55 bits per heavy atom. The standard InChI is InChI=1S/C22H23N3O3S/c1-2-23-29(27,28)21-15-9-12-19(16-21)22(26)24-25(20-13-7-4-8-14-20)17-18-10-5-3-6-11-18/h3-16,23H,2,17H2,1H3,(H,24,26). The van der Waals surface area contributed by atoms with Crippen molar-refractivity contribution in [2.75, 3.05) is 11.6 Å². The normalized spacial score (nSPS) is 11.1. The van der Waals surface area contributed by atoms with Gasteiger partial charge in [-0.3, -0.25) is 15.2 Å². The van der Waals surface area contributed by atoms with Crippen molar-refractivity contribution >= 4 is 21.6 Å². The van der Waals surface area contributed by atoms with E-state index in [9.17, 15) is 13.2 Å². The zero-order chi connectivity index (χ0) is 20.7. The lowest BCUT2D eigenvalue weighted by Crippen LogP contribution is -2.42. The Morgan fingerprint density at radius 3 is 2.21 bits per heavy atom. The van der Waals surface area contributed by atoms with Crippen LogP contribution in [0.15, 0.2) is 89.8 Å². The van der Waals surface area contributed by atoms with Crippen LogP contribution in [-0.4, -0.2) is 20.9 Å². The van der Waals surface area contributed by atoms with Gasteiger partial charge in [0, 0.05) is 12.1 Å². The van der Waals surface area contributed by atoms with E-state index in [0.717, 1.165) is 11.3 Å². The number of hydrogen-bond donors (Lipinski definition) is 2. The van der Waals surface area contributed by atoms with Crippen molar-refractivity contribution in [3.63, 3.8) is 0 Å². The molecule has 3 aromatic carbocycles. The maximum Gasteiger partial charge on any atom is 0.269 e. The van der Waals surface area contributed by atoms with Crippen LogP contribution in [0.1, 0.15) is 22.8 Å². The second kappa shape index (κ2) is 9.36. The van der Waals surface area contributed by atoms with Crippen molar-refractivity contribution in [3.05, 3.63) is 96.1 Å². The summed E-state index contributed by atoms with van der Waals surface area (Å²) in [6.45, 7) is 2.44. The number of sulfonamides is 1. The molecule has 0 radical (unpaired) electrons. The number of benzene rings is 3. The maximum absolute atomic E-state index is 12.9. The van der Waals surface area contributed by atoms with Crippen LogP contribution in [0.2, 0.25) is 0 Å². The number of nitrogens with one attached hydrogen (secondary N) is 2. The van der Waals surface area contributed by atoms with E-state index in [-0.39, 0.29) is 17.0 Å². The number of amides is 1. The molecule has 0 aliphatic heterocycles. The Morgan fingerprint density at radius 1 is 0.897 bits per heavy atom. The van der Waals surface area contributed by atoms with Gasteiger partial charge in [-0.05, 0) is 35.9 Å². The lowest BCUT2D eigenvalue weighted by Gasteiger charge is -2.25. The van der Waals surface area contributed by atoms with Crippen molar-refractivity contribution in [2.45, 2.75) is 18.4 Å². The molecule has 3 rings (SSSR count). The van der Waals surface area contributed by atoms with Gasteiger partial charge in [0.15, 0.2) is 0 Å². The molecule has 3 aromatic rings. The average molecular weight is 410 g/mol. The van der Waals surface area contributed by atoms with Gasteiger partial charge in [-0.15, -0.1) is 0 Å². The summed E-state index contributed by atoms with van der Waals surface area (Å²) >= 11 is 0. The van der Waals surface area contributed by atoms with Gasteiger partial charge >= 0.3 is 0 Å². The van der Waals surface area contributed by atoms with E-state index < -0.39 is 15.9 Å². The summed E-state index contributed by atoms with van der Waals surface area (Å²) in [5, 5.41) is 1.74. The highest BCUT2D eigenvalue weighted by Crippen LogP contribution is 2.16. The molecule has 7 heteroatoms. The topological polar surface area (TPSA) is 78.5 Å². The summed E-state index contributed by atoms with van der Waals surface area (Å²) in [5.41, 5.74) is 5.00. The van der Waals surface area contributed by atoms with Gasteiger partial charge < -0.3 is 0 Å². The van der Waals surface area contributed by atoms with Gasteiger partial charge in [-0.25, -0.2) is 13.1 Å². The molecule has 0 unspecified atom stereocenters. The Bertz CT molecular complexity index is 1050. The molecule has 0 fully saturated rings. The van der Waals surface area contributed by atoms with Crippen LogP contribution < -0.4 is 15.2 Å². The van der Waals surface area contributed by atoms with Gasteiger partial charge in [0.05, 0.1) is 17.1 Å². The van der Waals surface area contributed by atoms with Gasteiger partial charge in [-0.1, -0.05) is 61.5 Å². The number of anilines is 1. The molecular weight excluding hydrogens is 386 g/mol. The van der Waals surface area contributed by atoms with Crippen LogP contribution in [-0.2, 0) is 16.6 Å². The van der Waals surface area contributed by atoms with Gasteiger partial charge in [0.1, 0.15) is 0 Å². The third-order valence-electron chi connectivity index (χ3n) is 4.23. The van der Waals surface area contributed by atoms with Crippen LogP contribution in [0.5, 0.6) is 0 Å². The van der Waals surface area contributed by atoms with Crippen LogP contribution >= 0.6 is 0 Å². The van der Waals surface area contributed by atoms with E-state index >= 15 is 0 Å². The molecule has 0 aliphatic rings. The number of carbonyl (C=O) groups excluding carboxylic acids is 1. The molecule has 0 atom stereocenters. The Balaban J connectivity index is 1.85. The summed E-state index contributed by atoms with van der Waals surface area (Å²) in [7, 11) is -3.64. The third-order valence-corrected chi connectivity index (χ3v) is 5.77. The van der Waals surface area contributed by atoms with Crippen LogP contribution in [0.4, 0.5) is 5.69 Å². The fourth-order valence-electron chi connectivity index (χ4n) is 2.83. The highest BCUT2D eigenvalue weighted by atomic mass is 32.2. The van der Waals surface area contributed by atoms with E-state index in [4.69, 9.17) is 0 Å². The molecule has 1 amide bonds. The lowest BCUT2D eigenvalue weighted by atomic mass is 10.2. The first-order valence-corrected chi connectivity index (χ1v) is 10.7. The summed E-state index contributed by atoms with van der Waals surface area (Å²) in [4.78, 5) is 12.9. The van der Waals surface area contributed by atoms with Crippen LogP contribution in [0.25, 0.3) is 0 Å². The van der Waals surface area contributed by atoms with E-state index in [1.165, 1.54) is 12.1 Å². The van der Waals surface area contributed by atoms with E-state index in [2.05, 4.69) is 10.1 Å². The molecule has 150 valence electrons. The Kier molecular flexibility index (Phi) is 6.64. The summed E-state index contributed by atoms with van der Waals surface area (Å²) in [6.07, 6.45) is 0. The zero-order valence-corrected chi connectivity index (χ0v) is 16.9. The van der Waals surface area contributed by atoms with Crippen molar-refractivity contribution in [1.82, 2.24) is 10.1 Å². The van der Waals surface area contributed by atoms with Crippen molar-refractivity contribution in [2.24, 2.45) is 0 Å². The van der Waals surface area contributed by atoms with Crippen molar-refractivity contribution in [1.29, 1.82) is 0 Å². The first-order valence-electron chi connectivity index (χ1n) is 9.27. The quantitative estimate of drug-likeness (QED) is 0.560. The SMILES string of the molecule is CCNS(=O)(=O)c1cccc(C(=O)NN(Cc2ccccc2)c2ccccc2)c1. The first kappa shape index (κ1) is 20.6. The summed E-state index contributed by atoms with van der Waals surface area (Å²) in [5.74, 6) is -0.390. The number of hydrogen-bond acceptors (Lipinski definition) is 4.